The Morgan fingerprint density at radius 1 is 1.48 bits per heavy atom. The molecule has 2 rings (SSSR count). The fourth-order valence-electron chi connectivity index (χ4n) is 2.38. The van der Waals surface area contributed by atoms with Crippen LogP contribution in [0.4, 0.5) is 13.2 Å². The lowest BCUT2D eigenvalue weighted by Gasteiger charge is -2.33. The number of likely N-dealkylation sites (N-methyl/N-ethyl adjacent to an activating group) is 1. The van der Waals surface area contributed by atoms with Crippen molar-refractivity contribution in [3.8, 4) is 0 Å². The van der Waals surface area contributed by atoms with E-state index >= 15 is 0 Å². The number of amides is 1. The number of carbonyl (C=O) groups excluding carboxylic acids is 1. The van der Waals surface area contributed by atoms with E-state index < -0.39 is 24.7 Å². The zero-order valence-electron chi connectivity index (χ0n) is 13.4. The number of halogens is 3. The molecule has 1 saturated heterocycles. The van der Waals surface area contributed by atoms with Crippen LogP contribution in [0.25, 0.3) is 0 Å². The molecule has 1 aromatic heterocycles. The highest BCUT2D eigenvalue weighted by Gasteiger charge is 2.44. The number of hydrogen-bond donors (Lipinski definition) is 0. The van der Waals surface area contributed by atoms with E-state index in [1.54, 1.807) is 17.7 Å². The zero-order chi connectivity index (χ0) is 17.2. The van der Waals surface area contributed by atoms with E-state index in [2.05, 4.69) is 5.10 Å². The summed E-state index contributed by atoms with van der Waals surface area (Å²) in [4.78, 5) is 15.7. The fourth-order valence-corrected chi connectivity index (χ4v) is 2.38. The third-order valence-corrected chi connectivity index (χ3v) is 3.60. The molecule has 0 saturated carbocycles. The fraction of sp³-hybridized carbons (Fsp3) is 0.714. The van der Waals surface area contributed by atoms with Crippen molar-refractivity contribution < 1.29 is 22.7 Å². The van der Waals surface area contributed by atoms with Crippen LogP contribution in [0, 0.1) is 6.92 Å². The van der Waals surface area contributed by atoms with Gasteiger partial charge in [-0.3, -0.25) is 9.48 Å². The van der Waals surface area contributed by atoms with Crippen LogP contribution in [0.5, 0.6) is 0 Å². The molecule has 2 heterocycles. The molecule has 0 aromatic carbocycles. The summed E-state index contributed by atoms with van der Waals surface area (Å²) in [6.07, 6.45) is -6.40. The second-order valence-electron chi connectivity index (χ2n) is 5.85. The van der Waals surface area contributed by atoms with Gasteiger partial charge >= 0.3 is 6.18 Å². The van der Waals surface area contributed by atoms with Gasteiger partial charge in [0.2, 0.25) is 0 Å². The minimum Gasteiger partial charge on any atom is -0.365 e. The minimum atomic E-state index is -4.47. The molecule has 1 amide bonds. The van der Waals surface area contributed by atoms with E-state index in [0.717, 1.165) is 0 Å². The number of morpholine rings is 1. The molecule has 0 bridgehead atoms. The Balaban J connectivity index is 2.13. The third kappa shape index (κ3) is 4.44. The number of rotatable bonds is 4. The normalized spacial score (nSPS) is 19.4. The van der Waals surface area contributed by atoms with Crippen molar-refractivity contribution in [3.05, 3.63) is 17.5 Å². The lowest BCUT2D eigenvalue weighted by molar-refractivity contribution is -0.233. The van der Waals surface area contributed by atoms with Crippen LogP contribution in [-0.2, 0) is 11.3 Å². The molecule has 1 aliphatic rings. The summed E-state index contributed by atoms with van der Waals surface area (Å²) in [5.74, 6) is -0.443. The van der Waals surface area contributed by atoms with Gasteiger partial charge in [-0.1, -0.05) is 0 Å². The summed E-state index contributed by atoms with van der Waals surface area (Å²) in [5.41, 5.74) is 0.972. The number of ether oxygens (including phenoxy) is 1. The summed E-state index contributed by atoms with van der Waals surface area (Å²) in [5, 5.41) is 4.26. The molecule has 0 spiro atoms. The van der Waals surface area contributed by atoms with Crippen molar-refractivity contribution in [2.24, 2.45) is 0 Å². The molecule has 1 unspecified atom stereocenters. The summed E-state index contributed by atoms with van der Waals surface area (Å²) >= 11 is 0. The van der Waals surface area contributed by atoms with Gasteiger partial charge in [0, 0.05) is 13.1 Å². The van der Waals surface area contributed by atoms with Crippen molar-refractivity contribution in [2.75, 3.05) is 40.3 Å². The molecule has 9 heteroatoms. The smallest absolute Gasteiger partial charge is 0.365 e. The molecule has 23 heavy (non-hydrogen) atoms. The quantitative estimate of drug-likeness (QED) is 0.829. The van der Waals surface area contributed by atoms with E-state index in [-0.39, 0.29) is 13.2 Å². The van der Waals surface area contributed by atoms with Crippen molar-refractivity contribution >= 4 is 5.91 Å². The predicted octanol–water partition coefficient (Wildman–Crippen LogP) is 1.16. The second-order valence-corrected chi connectivity index (χ2v) is 5.85. The number of aryl methyl sites for hydroxylation is 1. The SMILES string of the molecule is Cc1cc(C(=O)N2CCOC(C(F)(F)F)C2)n(CCN(C)C)n1. The highest BCUT2D eigenvalue weighted by molar-refractivity contribution is 5.92. The van der Waals surface area contributed by atoms with Crippen LogP contribution in [0.15, 0.2) is 6.07 Å². The first-order valence-corrected chi connectivity index (χ1v) is 7.35. The van der Waals surface area contributed by atoms with Crippen molar-refractivity contribution in [1.29, 1.82) is 0 Å². The van der Waals surface area contributed by atoms with Crippen LogP contribution < -0.4 is 0 Å². The first-order valence-electron chi connectivity index (χ1n) is 7.35. The van der Waals surface area contributed by atoms with Gasteiger partial charge < -0.3 is 14.5 Å². The predicted molar refractivity (Wildman–Crippen MR) is 77.2 cm³/mol. The lowest BCUT2D eigenvalue weighted by atomic mass is 10.2. The molecule has 0 N–H and O–H groups in total. The molecular formula is C14H21F3N4O2. The largest absolute Gasteiger partial charge is 0.416 e. The van der Waals surface area contributed by atoms with E-state index in [1.807, 2.05) is 19.0 Å². The maximum absolute atomic E-state index is 12.8. The zero-order valence-corrected chi connectivity index (χ0v) is 13.4. The third-order valence-electron chi connectivity index (χ3n) is 3.60. The van der Waals surface area contributed by atoms with Crippen LogP contribution in [-0.4, -0.2) is 78.1 Å². The molecule has 1 fully saturated rings. The second kappa shape index (κ2) is 6.88. The molecular weight excluding hydrogens is 313 g/mol. The maximum Gasteiger partial charge on any atom is 0.416 e. The van der Waals surface area contributed by atoms with E-state index in [4.69, 9.17) is 4.74 Å². The Morgan fingerprint density at radius 2 is 2.17 bits per heavy atom. The van der Waals surface area contributed by atoms with Crippen LogP contribution in [0.2, 0.25) is 0 Å². The molecule has 1 aromatic rings. The Morgan fingerprint density at radius 3 is 2.78 bits per heavy atom. The Hall–Kier alpha value is -1.61. The highest BCUT2D eigenvalue weighted by Crippen LogP contribution is 2.26. The first kappa shape index (κ1) is 17.7. The minimum absolute atomic E-state index is 0.124. The number of alkyl halides is 3. The number of aromatic nitrogens is 2. The Labute approximate surface area is 132 Å². The topological polar surface area (TPSA) is 50.6 Å². The van der Waals surface area contributed by atoms with Crippen LogP contribution >= 0.6 is 0 Å². The van der Waals surface area contributed by atoms with Gasteiger partial charge in [0.25, 0.3) is 5.91 Å². The molecule has 6 nitrogen and oxygen atoms in total. The average molecular weight is 334 g/mol. The van der Waals surface area contributed by atoms with Gasteiger partial charge in [0.15, 0.2) is 6.10 Å². The van der Waals surface area contributed by atoms with Crippen molar-refractivity contribution in [1.82, 2.24) is 19.6 Å². The first-order chi connectivity index (χ1) is 10.7. The molecule has 130 valence electrons. The standard InChI is InChI=1S/C14H21F3N4O2/c1-10-8-11(21(18-10)5-4-19(2)3)13(22)20-6-7-23-12(9-20)14(15,16)17/h8,12H,4-7,9H2,1-3H3. The van der Waals surface area contributed by atoms with Crippen molar-refractivity contribution in [2.45, 2.75) is 25.7 Å². The van der Waals surface area contributed by atoms with E-state index in [1.165, 1.54) is 4.90 Å². The molecule has 0 radical (unpaired) electrons. The summed E-state index contributed by atoms with van der Waals surface area (Å²) in [6.45, 7) is 2.45. The van der Waals surface area contributed by atoms with Gasteiger partial charge in [0.05, 0.1) is 25.4 Å². The summed E-state index contributed by atoms with van der Waals surface area (Å²) in [7, 11) is 3.79. The number of carbonyl (C=O) groups is 1. The van der Waals surface area contributed by atoms with Gasteiger partial charge in [-0.25, -0.2) is 0 Å². The van der Waals surface area contributed by atoms with E-state index in [0.29, 0.717) is 24.5 Å². The van der Waals surface area contributed by atoms with Crippen molar-refractivity contribution in [3.63, 3.8) is 0 Å². The van der Waals surface area contributed by atoms with Gasteiger partial charge in [-0.05, 0) is 27.1 Å². The Kier molecular flexibility index (Phi) is 5.30. The van der Waals surface area contributed by atoms with E-state index in [9.17, 15) is 18.0 Å². The van der Waals surface area contributed by atoms with Crippen LogP contribution in [0.3, 0.4) is 0 Å². The number of nitrogens with zero attached hydrogens (tertiary/aromatic N) is 4. The van der Waals surface area contributed by atoms with Crippen LogP contribution in [0.1, 0.15) is 16.2 Å². The monoisotopic (exact) mass is 334 g/mol. The summed E-state index contributed by atoms with van der Waals surface area (Å²) < 4.78 is 44.6. The number of hydrogen-bond acceptors (Lipinski definition) is 4. The summed E-state index contributed by atoms with van der Waals surface area (Å²) in [6, 6.07) is 1.61. The Bertz CT molecular complexity index is 557. The molecule has 0 aliphatic carbocycles. The average Bonchev–Trinajstić information content (AvgIpc) is 2.84. The van der Waals surface area contributed by atoms with Gasteiger partial charge in [-0.2, -0.15) is 18.3 Å². The van der Waals surface area contributed by atoms with Gasteiger partial charge in [0.1, 0.15) is 5.69 Å². The van der Waals surface area contributed by atoms with Gasteiger partial charge in [-0.15, -0.1) is 0 Å². The molecule has 1 atom stereocenters. The lowest BCUT2D eigenvalue weighted by Crippen LogP contribution is -2.51. The molecule has 1 aliphatic heterocycles. The highest BCUT2D eigenvalue weighted by atomic mass is 19.4. The maximum atomic E-state index is 12.8.